The lowest BCUT2D eigenvalue weighted by molar-refractivity contribution is -0.0426. The highest BCUT2D eigenvalue weighted by Gasteiger charge is 2.38. The van der Waals surface area contributed by atoms with E-state index in [4.69, 9.17) is 20.5 Å². The van der Waals surface area contributed by atoms with Gasteiger partial charge in [-0.2, -0.15) is 4.98 Å². The number of halogens is 1. The predicted molar refractivity (Wildman–Crippen MR) is 70.3 cm³/mol. The van der Waals surface area contributed by atoms with Gasteiger partial charge in [-0.15, -0.1) is 0 Å². The van der Waals surface area contributed by atoms with E-state index in [1.807, 2.05) is 0 Å². The van der Waals surface area contributed by atoms with Crippen LogP contribution >= 0.6 is 7.82 Å². The van der Waals surface area contributed by atoms with Crippen molar-refractivity contribution in [1.82, 2.24) is 9.55 Å². The molecule has 2 heterocycles. The van der Waals surface area contributed by atoms with E-state index < -0.39 is 45.4 Å². The fraction of sp³-hybridized carbons (Fsp3) is 0.600. The lowest BCUT2D eigenvalue weighted by Gasteiger charge is -2.17. The molecule has 1 fully saturated rings. The maximum Gasteiger partial charge on any atom is 0.474 e. The van der Waals surface area contributed by atoms with Gasteiger partial charge in [0.05, 0.1) is 12.7 Å². The van der Waals surface area contributed by atoms with Crippen molar-refractivity contribution in [1.29, 1.82) is 0 Å². The summed E-state index contributed by atoms with van der Waals surface area (Å²) in [5.41, 5.74) is 4.57. The first-order valence-electron chi connectivity index (χ1n) is 6.19. The van der Waals surface area contributed by atoms with Crippen LogP contribution < -0.4 is 11.4 Å². The Hall–Kier alpha value is -1.36. The fourth-order valence-corrected chi connectivity index (χ4v) is 2.53. The molecule has 0 radical (unpaired) electrons. The number of phosphoric acid groups is 1. The summed E-state index contributed by atoms with van der Waals surface area (Å²) in [5, 5.41) is 8.40. The van der Waals surface area contributed by atoms with E-state index in [1.54, 1.807) is 0 Å². The van der Waals surface area contributed by atoms with E-state index in [0.717, 1.165) is 4.57 Å². The van der Waals surface area contributed by atoms with Crippen LogP contribution in [0.3, 0.4) is 0 Å². The van der Waals surface area contributed by atoms with Crippen molar-refractivity contribution in [3.8, 4) is 0 Å². The number of phosphoric ester groups is 1. The molecular formula is C10H15FN3O7P. The number of nitrogens with zero attached hydrogens (tertiary/aromatic N) is 2. The summed E-state index contributed by atoms with van der Waals surface area (Å²) < 4.78 is 40.0. The second kappa shape index (κ2) is 6.82. The average Bonchev–Trinajstić information content (AvgIpc) is 2.78. The monoisotopic (exact) mass is 339 g/mol. The van der Waals surface area contributed by atoms with Gasteiger partial charge in [-0.25, -0.2) is 13.8 Å². The molecule has 22 heavy (non-hydrogen) atoms. The Morgan fingerprint density at radius 1 is 1.59 bits per heavy atom. The minimum atomic E-state index is -4.42. The first-order valence-corrected chi connectivity index (χ1v) is 7.69. The standard InChI is InChI=1S/C10H15FN3O7P/c11-7-3-6(4-19-22(17,18)20-5-15)21-9(7)14-2-1-8(12)13-10(14)16/h1-2,6-7,9,15H,3-5H2,(H,17,18)(H2,12,13,16). The van der Waals surface area contributed by atoms with Crippen LogP contribution in [0.4, 0.5) is 10.2 Å². The smallest absolute Gasteiger partial charge is 0.383 e. The Morgan fingerprint density at radius 2 is 2.32 bits per heavy atom. The van der Waals surface area contributed by atoms with Crippen LogP contribution in [0.2, 0.25) is 0 Å². The van der Waals surface area contributed by atoms with Crippen LogP contribution in [-0.4, -0.2) is 45.2 Å². The van der Waals surface area contributed by atoms with Crippen molar-refractivity contribution in [2.24, 2.45) is 0 Å². The van der Waals surface area contributed by atoms with Crippen LogP contribution in [0.5, 0.6) is 0 Å². The van der Waals surface area contributed by atoms with Gasteiger partial charge in [0.1, 0.15) is 12.0 Å². The predicted octanol–water partition coefficient (Wildman–Crippen LogP) is -0.466. The highest BCUT2D eigenvalue weighted by molar-refractivity contribution is 7.47. The molecule has 0 amide bonds. The second-order valence-electron chi connectivity index (χ2n) is 4.47. The molecule has 1 aliphatic rings. The molecule has 1 saturated heterocycles. The van der Waals surface area contributed by atoms with E-state index in [9.17, 15) is 13.8 Å². The summed E-state index contributed by atoms with van der Waals surface area (Å²) in [4.78, 5) is 24.2. The summed E-state index contributed by atoms with van der Waals surface area (Å²) in [6.07, 6.45) is -2.54. The molecule has 0 aliphatic carbocycles. The van der Waals surface area contributed by atoms with E-state index in [0.29, 0.717) is 0 Å². The number of alkyl halides is 1. The molecule has 4 N–H and O–H groups in total. The number of aliphatic hydroxyl groups is 1. The third-order valence-electron chi connectivity index (χ3n) is 2.90. The Labute approximate surface area is 123 Å². The SMILES string of the molecule is Nc1ccn(C2OC(COP(=O)(O)OCO)CC2F)c(=O)n1. The molecule has 1 aromatic rings. The molecule has 4 atom stereocenters. The number of rotatable bonds is 6. The molecule has 0 bridgehead atoms. The van der Waals surface area contributed by atoms with E-state index in [2.05, 4.69) is 14.0 Å². The number of aliphatic hydroxyl groups excluding tert-OH is 1. The van der Waals surface area contributed by atoms with E-state index in [1.165, 1.54) is 12.3 Å². The third kappa shape index (κ3) is 4.09. The Bertz CT molecular complexity index is 627. The third-order valence-corrected chi connectivity index (χ3v) is 3.82. The lowest BCUT2D eigenvalue weighted by Crippen LogP contribution is -2.30. The van der Waals surface area contributed by atoms with Gasteiger partial charge in [0.2, 0.25) is 0 Å². The van der Waals surface area contributed by atoms with Crippen LogP contribution in [0.25, 0.3) is 0 Å². The van der Waals surface area contributed by atoms with Crippen molar-refractivity contribution in [3.63, 3.8) is 0 Å². The zero-order valence-corrected chi connectivity index (χ0v) is 12.1. The molecule has 2 rings (SSSR count). The largest absolute Gasteiger partial charge is 0.474 e. The van der Waals surface area contributed by atoms with Crippen molar-refractivity contribution in [2.45, 2.75) is 24.9 Å². The van der Waals surface area contributed by atoms with Gasteiger partial charge in [0.15, 0.2) is 13.0 Å². The van der Waals surface area contributed by atoms with Crippen molar-refractivity contribution < 1.29 is 32.7 Å². The van der Waals surface area contributed by atoms with Crippen LogP contribution in [0, 0.1) is 0 Å². The normalized spacial score (nSPS) is 27.7. The highest BCUT2D eigenvalue weighted by Crippen LogP contribution is 2.44. The van der Waals surface area contributed by atoms with Crippen LogP contribution in [0.1, 0.15) is 12.6 Å². The number of ether oxygens (including phenoxy) is 1. The number of hydrogen-bond acceptors (Lipinski definition) is 8. The molecular weight excluding hydrogens is 324 g/mol. The maximum absolute atomic E-state index is 14.0. The molecule has 10 nitrogen and oxygen atoms in total. The van der Waals surface area contributed by atoms with Crippen LogP contribution in [-0.2, 0) is 18.3 Å². The number of nitrogens with two attached hydrogens (primary N) is 1. The second-order valence-corrected chi connectivity index (χ2v) is 5.92. The lowest BCUT2D eigenvalue weighted by atomic mass is 10.2. The van der Waals surface area contributed by atoms with Crippen molar-refractivity contribution in [2.75, 3.05) is 19.1 Å². The summed E-state index contributed by atoms with van der Waals surface area (Å²) in [6, 6.07) is 1.32. The van der Waals surface area contributed by atoms with E-state index in [-0.39, 0.29) is 12.2 Å². The van der Waals surface area contributed by atoms with Gasteiger partial charge in [0.25, 0.3) is 0 Å². The molecule has 0 spiro atoms. The summed E-state index contributed by atoms with van der Waals surface area (Å²) in [7, 11) is -4.42. The molecule has 0 aromatic carbocycles. The molecule has 1 aromatic heterocycles. The molecule has 0 saturated carbocycles. The minimum Gasteiger partial charge on any atom is -0.383 e. The van der Waals surface area contributed by atoms with Gasteiger partial charge in [-0.1, -0.05) is 0 Å². The molecule has 4 unspecified atom stereocenters. The number of anilines is 1. The van der Waals surface area contributed by atoms with Gasteiger partial charge in [0, 0.05) is 12.6 Å². The Kier molecular flexibility index (Phi) is 5.27. The van der Waals surface area contributed by atoms with Gasteiger partial charge < -0.3 is 20.5 Å². The number of hydrogen-bond donors (Lipinski definition) is 3. The topological polar surface area (TPSA) is 146 Å². The molecule has 12 heteroatoms. The van der Waals surface area contributed by atoms with Gasteiger partial charge >= 0.3 is 13.5 Å². The summed E-state index contributed by atoms with van der Waals surface area (Å²) in [6.45, 7) is -1.44. The number of aromatic nitrogens is 2. The van der Waals surface area contributed by atoms with Gasteiger partial charge in [-0.05, 0) is 6.07 Å². The first kappa shape index (κ1) is 17.0. The maximum atomic E-state index is 14.0. The van der Waals surface area contributed by atoms with Crippen molar-refractivity contribution >= 4 is 13.6 Å². The minimum absolute atomic E-state index is 0.00286. The first-order chi connectivity index (χ1) is 10.3. The Morgan fingerprint density at radius 3 is 2.95 bits per heavy atom. The fourth-order valence-electron chi connectivity index (χ4n) is 1.96. The Balaban J connectivity index is 2.00. The zero-order chi connectivity index (χ0) is 16.3. The molecule has 1 aliphatic heterocycles. The highest BCUT2D eigenvalue weighted by atomic mass is 31.2. The van der Waals surface area contributed by atoms with Crippen molar-refractivity contribution in [3.05, 3.63) is 22.7 Å². The summed E-state index contributed by atoms with van der Waals surface area (Å²) in [5.74, 6) is -0.00286. The zero-order valence-electron chi connectivity index (χ0n) is 11.2. The van der Waals surface area contributed by atoms with Crippen LogP contribution in [0.15, 0.2) is 17.1 Å². The average molecular weight is 339 g/mol. The quantitative estimate of drug-likeness (QED) is 0.462. The summed E-state index contributed by atoms with van der Waals surface area (Å²) >= 11 is 0. The van der Waals surface area contributed by atoms with Gasteiger partial charge in [-0.3, -0.25) is 13.6 Å². The molecule has 124 valence electrons. The van der Waals surface area contributed by atoms with E-state index >= 15 is 0 Å². The number of nitrogen functional groups attached to an aromatic ring is 1.